The summed E-state index contributed by atoms with van der Waals surface area (Å²) in [5.41, 5.74) is 1.25. The zero-order valence-corrected chi connectivity index (χ0v) is 15.1. The molecule has 7 heteroatoms. The Bertz CT molecular complexity index is 827. The van der Waals surface area contributed by atoms with Crippen LogP contribution in [0.5, 0.6) is 0 Å². The Labute approximate surface area is 157 Å². The monoisotopic (exact) mass is 370 g/mol. The lowest BCUT2D eigenvalue weighted by Gasteiger charge is -2.30. The van der Waals surface area contributed by atoms with Gasteiger partial charge in [0.15, 0.2) is 0 Å². The quantitative estimate of drug-likeness (QED) is 0.666. The zero-order chi connectivity index (χ0) is 19.2. The molecule has 1 heterocycles. The average molecular weight is 370 g/mol. The van der Waals surface area contributed by atoms with Crippen molar-refractivity contribution in [1.29, 1.82) is 0 Å². The first kappa shape index (κ1) is 18.8. The average Bonchev–Trinajstić information content (AvgIpc) is 2.64. The summed E-state index contributed by atoms with van der Waals surface area (Å²) in [5.74, 6) is -0.805. The number of rotatable bonds is 4. The van der Waals surface area contributed by atoms with Crippen LogP contribution in [0.1, 0.15) is 30.1 Å². The van der Waals surface area contributed by atoms with Gasteiger partial charge in [-0.2, -0.15) is 0 Å². The molecule has 2 aromatic carbocycles. The lowest BCUT2D eigenvalue weighted by atomic mass is 10.0. The first-order valence-electron chi connectivity index (χ1n) is 8.99. The van der Waals surface area contributed by atoms with E-state index < -0.39 is 5.82 Å². The molecule has 6 nitrogen and oxygen atoms in total. The Morgan fingerprint density at radius 1 is 1.07 bits per heavy atom. The minimum atomic E-state index is -0.425. The molecule has 0 bridgehead atoms. The highest BCUT2D eigenvalue weighted by Gasteiger charge is 2.22. The summed E-state index contributed by atoms with van der Waals surface area (Å²) in [6.07, 6.45) is 1.95. The summed E-state index contributed by atoms with van der Waals surface area (Å²) in [7, 11) is 0. The van der Waals surface area contributed by atoms with Crippen molar-refractivity contribution in [3.05, 3.63) is 59.9 Å². The van der Waals surface area contributed by atoms with Crippen molar-refractivity contribution in [3.8, 4) is 0 Å². The van der Waals surface area contributed by atoms with Crippen LogP contribution in [0.4, 0.5) is 20.6 Å². The highest BCUT2D eigenvalue weighted by Crippen LogP contribution is 2.15. The molecule has 2 unspecified atom stereocenters. The van der Waals surface area contributed by atoms with Crippen molar-refractivity contribution < 1.29 is 14.0 Å². The van der Waals surface area contributed by atoms with E-state index in [1.54, 1.807) is 30.3 Å². The molecule has 0 aromatic heterocycles. The zero-order valence-electron chi connectivity index (χ0n) is 15.1. The van der Waals surface area contributed by atoms with Crippen molar-refractivity contribution in [3.63, 3.8) is 0 Å². The van der Waals surface area contributed by atoms with E-state index in [1.807, 2.05) is 6.92 Å². The number of benzene rings is 2. The molecule has 1 aliphatic heterocycles. The van der Waals surface area contributed by atoms with Gasteiger partial charge in [0.2, 0.25) is 0 Å². The molecule has 1 saturated heterocycles. The minimum absolute atomic E-state index is 0.0678. The third-order valence-electron chi connectivity index (χ3n) is 4.54. The Balaban J connectivity index is 1.61. The number of nitrogens with one attached hydrogen (secondary N) is 4. The summed E-state index contributed by atoms with van der Waals surface area (Å²) >= 11 is 0. The van der Waals surface area contributed by atoms with Gasteiger partial charge in [0.1, 0.15) is 5.82 Å². The van der Waals surface area contributed by atoms with Crippen LogP contribution in [0.2, 0.25) is 0 Å². The predicted octanol–water partition coefficient (Wildman–Crippen LogP) is 3.34. The van der Waals surface area contributed by atoms with E-state index in [0.717, 1.165) is 19.4 Å². The van der Waals surface area contributed by atoms with E-state index in [9.17, 15) is 14.0 Å². The fourth-order valence-corrected chi connectivity index (χ4v) is 3.08. The maximum absolute atomic E-state index is 13.2. The van der Waals surface area contributed by atoms with Gasteiger partial charge in [0.05, 0.1) is 0 Å². The summed E-state index contributed by atoms with van der Waals surface area (Å²) in [6, 6.07) is 12.3. The molecule has 4 N–H and O–H groups in total. The van der Waals surface area contributed by atoms with Crippen LogP contribution in [0, 0.1) is 5.82 Å². The van der Waals surface area contributed by atoms with Gasteiger partial charge in [-0.1, -0.05) is 12.1 Å². The van der Waals surface area contributed by atoms with Crippen LogP contribution in [0.3, 0.4) is 0 Å². The Morgan fingerprint density at radius 2 is 1.81 bits per heavy atom. The Kier molecular flexibility index (Phi) is 6.03. The standard InChI is InChI=1S/C20H23FN4O2/c1-13-18(9-4-10-22-13)25-20(27)24-16-7-2-5-14(11-16)19(26)23-17-8-3-6-15(21)12-17/h2-3,5-8,11-13,18,22H,4,9-10H2,1H3,(H,23,26)(H2,24,25,27). The molecule has 27 heavy (non-hydrogen) atoms. The van der Waals surface area contributed by atoms with Crippen molar-refractivity contribution in [1.82, 2.24) is 10.6 Å². The number of hydrogen-bond donors (Lipinski definition) is 4. The van der Waals surface area contributed by atoms with Crippen LogP contribution < -0.4 is 21.3 Å². The fraction of sp³-hybridized carbons (Fsp3) is 0.300. The Hall–Kier alpha value is -2.93. The summed E-state index contributed by atoms with van der Waals surface area (Å²) in [5, 5.41) is 11.7. The lowest BCUT2D eigenvalue weighted by Crippen LogP contribution is -2.52. The van der Waals surface area contributed by atoms with Crippen LogP contribution in [-0.2, 0) is 0 Å². The molecule has 3 amide bonds. The van der Waals surface area contributed by atoms with Crippen LogP contribution in [0.25, 0.3) is 0 Å². The molecule has 0 saturated carbocycles. The van der Waals surface area contributed by atoms with Gasteiger partial charge in [-0.05, 0) is 62.7 Å². The van der Waals surface area contributed by atoms with Crippen LogP contribution >= 0.6 is 0 Å². The molecule has 3 rings (SSSR count). The van der Waals surface area contributed by atoms with Gasteiger partial charge >= 0.3 is 6.03 Å². The fourth-order valence-electron chi connectivity index (χ4n) is 3.08. The molecule has 0 aliphatic carbocycles. The summed E-state index contributed by atoms with van der Waals surface area (Å²) in [4.78, 5) is 24.6. The van der Waals surface area contributed by atoms with E-state index >= 15 is 0 Å². The van der Waals surface area contributed by atoms with Gasteiger partial charge in [-0.25, -0.2) is 9.18 Å². The van der Waals surface area contributed by atoms with Gasteiger partial charge in [-0.15, -0.1) is 0 Å². The van der Waals surface area contributed by atoms with Crippen LogP contribution in [0.15, 0.2) is 48.5 Å². The molecule has 1 aliphatic rings. The SMILES string of the molecule is CC1NCCCC1NC(=O)Nc1cccc(C(=O)Nc2cccc(F)c2)c1. The first-order valence-corrected chi connectivity index (χ1v) is 8.99. The van der Waals surface area contributed by atoms with Gasteiger partial charge in [-0.3, -0.25) is 4.79 Å². The Morgan fingerprint density at radius 3 is 2.56 bits per heavy atom. The lowest BCUT2D eigenvalue weighted by molar-refractivity contribution is 0.102. The van der Waals surface area contributed by atoms with E-state index in [1.165, 1.54) is 18.2 Å². The molecular formula is C20H23FN4O2. The number of urea groups is 1. The number of carbonyl (C=O) groups is 2. The second-order valence-electron chi connectivity index (χ2n) is 6.64. The van der Waals surface area contributed by atoms with Gasteiger partial charge in [0, 0.05) is 29.0 Å². The third kappa shape index (κ3) is 5.27. The second kappa shape index (κ2) is 8.64. The van der Waals surface area contributed by atoms with Gasteiger partial charge in [0.25, 0.3) is 5.91 Å². The highest BCUT2D eigenvalue weighted by molar-refractivity contribution is 6.05. The van der Waals surface area contributed by atoms with Crippen molar-refractivity contribution in [2.45, 2.75) is 31.8 Å². The molecule has 2 atom stereocenters. The number of piperidine rings is 1. The minimum Gasteiger partial charge on any atom is -0.334 e. The van der Waals surface area contributed by atoms with Crippen molar-refractivity contribution in [2.75, 3.05) is 17.2 Å². The normalized spacial score (nSPS) is 19.2. The molecular weight excluding hydrogens is 347 g/mol. The predicted molar refractivity (Wildman–Crippen MR) is 103 cm³/mol. The number of amides is 3. The van der Waals surface area contributed by atoms with Crippen LogP contribution in [-0.4, -0.2) is 30.6 Å². The molecule has 2 aromatic rings. The summed E-state index contributed by atoms with van der Waals surface area (Å²) in [6.45, 7) is 3.00. The molecule has 0 radical (unpaired) electrons. The molecule has 1 fully saturated rings. The van der Waals surface area contributed by atoms with Gasteiger partial charge < -0.3 is 21.3 Å². The van der Waals surface area contributed by atoms with E-state index in [2.05, 4.69) is 21.3 Å². The number of halogens is 1. The molecule has 0 spiro atoms. The number of carbonyl (C=O) groups excluding carboxylic acids is 2. The molecule has 142 valence electrons. The maximum atomic E-state index is 13.2. The largest absolute Gasteiger partial charge is 0.334 e. The number of anilines is 2. The van der Waals surface area contributed by atoms with E-state index in [0.29, 0.717) is 16.9 Å². The number of hydrogen-bond acceptors (Lipinski definition) is 3. The topological polar surface area (TPSA) is 82.3 Å². The van der Waals surface area contributed by atoms with E-state index in [-0.39, 0.29) is 24.0 Å². The van der Waals surface area contributed by atoms with Crippen molar-refractivity contribution in [2.24, 2.45) is 0 Å². The smallest absolute Gasteiger partial charge is 0.319 e. The third-order valence-corrected chi connectivity index (χ3v) is 4.54. The second-order valence-corrected chi connectivity index (χ2v) is 6.64. The van der Waals surface area contributed by atoms with E-state index in [4.69, 9.17) is 0 Å². The highest BCUT2D eigenvalue weighted by atomic mass is 19.1. The maximum Gasteiger partial charge on any atom is 0.319 e. The first-order chi connectivity index (χ1) is 13.0. The van der Waals surface area contributed by atoms with Crippen molar-refractivity contribution >= 4 is 23.3 Å². The summed E-state index contributed by atoms with van der Waals surface area (Å²) < 4.78 is 13.2.